The second kappa shape index (κ2) is 18.6. The van der Waals surface area contributed by atoms with Crippen LogP contribution in [0.15, 0.2) is 297 Å². The average molecular weight is 956 g/mol. The van der Waals surface area contributed by atoms with E-state index in [1.54, 1.807) is 0 Å². The van der Waals surface area contributed by atoms with Crippen LogP contribution in [-0.4, -0.2) is 9.13 Å². The van der Waals surface area contributed by atoms with E-state index in [1.807, 2.05) is 0 Å². The van der Waals surface area contributed by atoms with Crippen LogP contribution in [0.5, 0.6) is 0 Å². The molecule has 0 saturated heterocycles. The van der Waals surface area contributed by atoms with Crippen molar-refractivity contribution in [3.05, 3.63) is 297 Å². The number of hydrogen-bond donors (Lipinski definition) is 0. The van der Waals surface area contributed by atoms with E-state index in [1.165, 1.54) is 93.7 Å². The summed E-state index contributed by atoms with van der Waals surface area (Å²) in [5.41, 5.74) is 22.2. The Balaban J connectivity index is 0.815. The lowest BCUT2D eigenvalue weighted by Gasteiger charge is -2.27. The Morgan fingerprint density at radius 3 is 0.960 bits per heavy atom. The maximum Gasteiger partial charge on any atom is 0.0541 e. The maximum absolute atomic E-state index is 2.41. The van der Waals surface area contributed by atoms with E-state index in [9.17, 15) is 0 Å². The molecule has 0 amide bonds. The third kappa shape index (κ3) is 7.95. The molecule has 0 spiro atoms. The zero-order valence-corrected chi connectivity index (χ0v) is 41.1. The van der Waals surface area contributed by atoms with E-state index >= 15 is 0 Å². The molecule has 75 heavy (non-hydrogen) atoms. The molecule has 0 atom stereocenters. The van der Waals surface area contributed by atoms with Crippen molar-refractivity contribution >= 4 is 60.7 Å². The topological polar surface area (TPSA) is 13.1 Å². The minimum atomic E-state index is 1.09. The summed E-state index contributed by atoms with van der Waals surface area (Å²) in [6.07, 6.45) is 0. The number of para-hydroxylation sites is 3. The van der Waals surface area contributed by atoms with Crippen molar-refractivity contribution in [1.29, 1.82) is 0 Å². The fourth-order valence-corrected chi connectivity index (χ4v) is 11.3. The molecule has 0 aliphatic carbocycles. The number of fused-ring (bicyclic) bond motifs is 6. The molecule has 14 rings (SSSR count). The number of aromatic nitrogens is 2. The highest BCUT2D eigenvalue weighted by molar-refractivity contribution is 6.13. The summed E-state index contributed by atoms with van der Waals surface area (Å²) in [6, 6.07) is 108. The third-order valence-electron chi connectivity index (χ3n) is 14.9. The van der Waals surface area contributed by atoms with Crippen LogP contribution in [0.2, 0.25) is 0 Å². The number of hydrogen-bond acceptors (Lipinski definition) is 1. The van der Waals surface area contributed by atoms with Gasteiger partial charge in [0.1, 0.15) is 0 Å². The van der Waals surface area contributed by atoms with Crippen molar-refractivity contribution in [2.75, 3.05) is 4.90 Å². The fourth-order valence-electron chi connectivity index (χ4n) is 11.3. The lowest BCUT2D eigenvalue weighted by Crippen LogP contribution is -2.10. The molecule has 0 radical (unpaired) electrons. The van der Waals surface area contributed by atoms with Gasteiger partial charge in [-0.05, 0) is 159 Å². The molecule has 0 bridgehead atoms. The Hall–Kier alpha value is -9.96. The summed E-state index contributed by atoms with van der Waals surface area (Å²) in [7, 11) is 0. The Morgan fingerprint density at radius 2 is 0.493 bits per heavy atom. The highest BCUT2D eigenvalue weighted by atomic mass is 15.1. The van der Waals surface area contributed by atoms with Crippen LogP contribution in [0, 0.1) is 0 Å². The van der Waals surface area contributed by atoms with Crippen LogP contribution >= 0.6 is 0 Å². The van der Waals surface area contributed by atoms with Gasteiger partial charge < -0.3 is 14.0 Å². The molecule has 2 aromatic heterocycles. The van der Waals surface area contributed by atoms with Gasteiger partial charge in [-0.2, -0.15) is 0 Å². The Labute approximate surface area is 436 Å². The molecular weight excluding hydrogens is 907 g/mol. The Kier molecular flexibility index (Phi) is 10.8. The first-order valence-corrected chi connectivity index (χ1v) is 25.7. The molecule has 352 valence electrons. The second-order valence-electron chi connectivity index (χ2n) is 19.3. The van der Waals surface area contributed by atoms with Gasteiger partial charge in [0.05, 0.1) is 22.1 Å². The van der Waals surface area contributed by atoms with Crippen molar-refractivity contribution < 1.29 is 0 Å². The first kappa shape index (κ1) is 43.8. The van der Waals surface area contributed by atoms with Crippen LogP contribution in [-0.2, 0) is 0 Å². The molecule has 0 aliphatic heterocycles. The first-order valence-electron chi connectivity index (χ1n) is 25.7. The van der Waals surface area contributed by atoms with Gasteiger partial charge in [0.2, 0.25) is 0 Å². The normalized spacial score (nSPS) is 11.5. The lowest BCUT2D eigenvalue weighted by molar-refractivity contribution is 1.18. The van der Waals surface area contributed by atoms with Gasteiger partial charge in [-0.3, -0.25) is 0 Å². The summed E-state index contributed by atoms with van der Waals surface area (Å²) in [5.74, 6) is 0. The maximum atomic E-state index is 2.41. The van der Waals surface area contributed by atoms with Gasteiger partial charge in [-0.15, -0.1) is 0 Å². The predicted octanol–water partition coefficient (Wildman–Crippen LogP) is 19.7. The fraction of sp³-hybridized carbons (Fsp3) is 0. The molecule has 12 aromatic carbocycles. The number of anilines is 3. The van der Waals surface area contributed by atoms with Gasteiger partial charge in [0.25, 0.3) is 0 Å². The van der Waals surface area contributed by atoms with E-state index in [2.05, 4.69) is 311 Å². The van der Waals surface area contributed by atoms with Gasteiger partial charge in [-0.1, -0.05) is 194 Å². The van der Waals surface area contributed by atoms with Crippen LogP contribution in [0.1, 0.15) is 0 Å². The van der Waals surface area contributed by atoms with Crippen molar-refractivity contribution in [2.24, 2.45) is 0 Å². The minimum absolute atomic E-state index is 1.09. The summed E-state index contributed by atoms with van der Waals surface area (Å²) in [4.78, 5) is 2.37. The minimum Gasteiger partial charge on any atom is -0.310 e. The lowest BCUT2D eigenvalue weighted by atomic mass is 9.97. The van der Waals surface area contributed by atoms with Crippen molar-refractivity contribution in [3.8, 4) is 67.0 Å². The number of nitrogens with zero attached hydrogens (tertiary/aromatic N) is 3. The summed E-state index contributed by atoms with van der Waals surface area (Å²) < 4.78 is 4.78. The summed E-state index contributed by atoms with van der Waals surface area (Å²) >= 11 is 0. The largest absolute Gasteiger partial charge is 0.310 e. The Morgan fingerprint density at radius 1 is 0.187 bits per heavy atom. The summed E-state index contributed by atoms with van der Waals surface area (Å²) in [5, 5.41) is 4.95. The molecule has 3 nitrogen and oxygen atoms in total. The SMILES string of the molecule is c1ccc(-c2cccc(N(c3ccc(-c4ccc(-c5ccc6c(c5)c5cc(-c7ccc8c(c7)c7ccccc7n8-c7ccccc7)ccc5n6-c5ccccc5)cc4)cc3)c3cccc(-c4ccccc4)c3)c2)cc1. The van der Waals surface area contributed by atoms with E-state index in [0.717, 1.165) is 34.0 Å². The van der Waals surface area contributed by atoms with Crippen LogP contribution in [0.4, 0.5) is 17.1 Å². The molecule has 14 aromatic rings. The molecule has 3 heteroatoms. The molecule has 2 heterocycles. The van der Waals surface area contributed by atoms with Crippen LogP contribution in [0.25, 0.3) is 111 Å². The van der Waals surface area contributed by atoms with Crippen LogP contribution < -0.4 is 4.90 Å². The average Bonchev–Trinajstić information content (AvgIpc) is 4.00. The third-order valence-corrected chi connectivity index (χ3v) is 14.9. The smallest absolute Gasteiger partial charge is 0.0541 e. The zero-order chi connectivity index (χ0) is 49.7. The predicted molar refractivity (Wildman–Crippen MR) is 317 cm³/mol. The van der Waals surface area contributed by atoms with E-state index in [-0.39, 0.29) is 0 Å². The molecule has 0 aliphatic rings. The quantitative estimate of drug-likeness (QED) is 0.133. The van der Waals surface area contributed by atoms with Crippen molar-refractivity contribution in [2.45, 2.75) is 0 Å². The molecule has 0 N–H and O–H groups in total. The van der Waals surface area contributed by atoms with E-state index < -0.39 is 0 Å². The number of benzene rings is 12. The molecular formula is C72H49N3. The standard InChI is InChI=1S/C72H49N3/c1-5-17-50(18-6-1)55-21-15-27-63(45-55)73(64-28-16-22-56(46-64)51-19-7-2-8-20-51)62-40-35-53(36-41-62)52-31-33-54(34-32-52)57-37-42-71-67(47-57)68-49-59(39-44-72(68)75(71)61-25-11-4-12-26-61)58-38-43-70-66(48-58)65-29-13-14-30-69(65)74(70)60-23-9-3-10-24-60/h1-49H. The van der Waals surface area contributed by atoms with Gasteiger partial charge in [0, 0.05) is 50.0 Å². The monoisotopic (exact) mass is 955 g/mol. The van der Waals surface area contributed by atoms with Gasteiger partial charge in [0.15, 0.2) is 0 Å². The van der Waals surface area contributed by atoms with E-state index in [4.69, 9.17) is 0 Å². The van der Waals surface area contributed by atoms with Crippen molar-refractivity contribution in [3.63, 3.8) is 0 Å². The van der Waals surface area contributed by atoms with Gasteiger partial charge >= 0.3 is 0 Å². The first-order chi connectivity index (χ1) is 37.2. The molecule has 0 unspecified atom stereocenters. The second-order valence-corrected chi connectivity index (χ2v) is 19.3. The highest BCUT2D eigenvalue weighted by Gasteiger charge is 2.19. The zero-order valence-electron chi connectivity index (χ0n) is 41.1. The summed E-state index contributed by atoms with van der Waals surface area (Å²) in [6.45, 7) is 0. The van der Waals surface area contributed by atoms with Crippen LogP contribution in [0.3, 0.4) is 0 Å². The number of rotatable bonds is 10. The van der Waals surface area contributed by atoms with Gasteiger partial charge in [-0.25, -0.2) is 0 Å². The van der Waals surface area contributed by atoms with E-state index in [0.29, 0.717) is 0 Å². The van der Waals surface area contributed by atoms with Crippen molar-refractivity contribution in [1.82, 2.24) is 9.13 Å². The Bertz CT molecular complexity index is 4280. The molecule has 0 fully saturated rings. The molecule has 0 saturated carbocycles. The highest BCUT2D eigenvalue weighted by Crippen LogP contribution is 2.42.